The van der Waals surface area contributed by atoms with Crippen LogP contribution in [0.4, 0.5) is 5.69 Å². The van der Waals surface area contributed by atoms with Crippen LogP contribution in [0, 0.1) is 6.92 Å². The molecule has 0 aliphatic rings. The van der Waals surface area contributed by atoms with Crippen LogP contribution >= 0.6 is 23.4 Å². The lowest BCUT2D eigenvalue weighted by Crippen LogP contribution is -2.21. The van der Waals surface area contributed by atoms with E-state index in [2.05, 4.69) is 27.0 Å². The third-order valence-electron chi connectivity index (χ3n) is 4.89. The van der Waals surface area contributed by atoms with Gasteiger partial charge in [-0.2, -0.15) is 0 Å². The van der Waals surface area contributed by atoms with Gasteiger partial charge in [-0.05, 0) is 42.3 Å². The summed E-state index contributed by atoms with van der Waals surface area (Å²) in [6.07, 6.45) is 0. The second kappa shape index (κ2) is 10.6. The summed E-state index contributed by atoms with van der Waals surface area (Å²) >= 11 is 7.41. The fraction of sp³-hybridized carbons (Fsp3) is 0.160. The predicted molar refractivity (Wildman–Crippen MR) is 132 cm³/mol. The van der Waals surface area contributed by atoms with E-state index in [4.69, 9.17) is 16.3 Å². The summed E-state index contributed by atoms with van der Waals surface area (Å²) < 4.78 is 7.22. The average Bonchev–Trinajstić information content (AvgIpc) is 3.16. The molecule has 0 bridgehead atoms. The molecule has 1 amide bonds. The van der Waals surface area contributed by atoms with Crippen LogP contribution in [0.3, 0.4) is 0 Å². The molecule has 168 valence electrons. The second-order valence-corrected chi connectivity index (χ2v) is 8.79. The topological polar surface area (TPSA) is 73.2 Å². The number of halogens is 1. The summed E-state index contributed by atoms with van der Waals surface area (Å²) in [5.74, 6) is -0.907. The first-order valence-corrected chi connectivity index (χ1v) is 11.7. The van der Waals surface area contributed by atoms with Gasteiger partial charge < -0.3 is 14.6 Å². The first-order valence-electron chi connectivity index (χ1n) is 10.3. The highest BCUT2D eigenvalue weighted by Crippen LogP contribution is 2.26. The normalized spacial score (nSPS) is 10.8. The summed E-state index contributed by atoms with van der Waals surface area (Å²) in [4.78, 5) is 29.1. The van der Waals surface area contributed by atoms with E-state index in [1.54, 1.807) is 12.1 Å². The summed E-state index contributed by atoms with van der Waals surface area (Å²) in [7, 11) is 0. The molecular weight excluding hydrogens is 458 g/mol. The van der Waals surface area contributed by atoms with Crippen LogP contribution in [0.25, 0.3) is 11.0 Å². The lowest BCUT2D eigenvalue weighted by molar-refractivity contribution is -0.144. The van der Waals surface area contributed by atoms with Gasteiger partial charge in [0, 0.05) is 0 Å². The Hall–Kier alpha value is -3.29. The number of carbonyl (C=O) groups is 2. The Labute approximate surface area is 200 Å². The Morgan fingerprint density at radius 1 is 1.06 bits per heavy atom. The van der Waals surface area contributed by atoms with Gasteiger partial charge in [-0.1, -0.05) is 71.9 Å². The molecule has 33 heavy (non-hydrogen) atoms. The Kier molecular flexibility index (Phi) is 7.32. The van der Waals surface area contributed by atoms with Crippen LogP contribution in [-0.2, 0) is 20.9 Å². The van der Waals surface area contributed by atoms with Gasteiger partial charge in [0.05, 0.1) is 34.0 Å². The molecule has 1 heterocycles. The zero-order valence-corrected chi connectivity index (χ0v) is 19.5. The van der Waals surface area contributed by atoms with Gasteiger partial charge in [0.25, 0.3) is 5.91 Å². The molecule has 0 aliphatic carbocycles. The number of para-hydroxylation sites is 2. The highest BCUT2D eigenvalue weighted by molar-refractivity contribution is 7.99. The number of amides is 1. The highest BCUT2D eigenvalue weighted by atomic mass is 35.5. The Bertz CT molecular complexity index is 1290. The highest BCUT2D eigenvalue weighted by Gasteiger charge is 2.15. The summed E-state index contributed by atoms with van der Waals surface area (Å²) in [5, 5.41) is 3.80. The van der Waals surface area contributed by atoms with Crippen molar-refractivity contribution in [3.63, 3.8) is 0 Å². The molecule has 1 aromatic heterocycles. The predicted octanol–water partition coefficient (Wildman–Crippen LogP) is 5.32. The molecule has 0 unspecified atom stereocenters. The molecule has 0 radical (unpaired) electrons. The monoisotopic (exact) mass is 479 g/mol. The molecule has 0 atom stereocenters. The molecular formula is C25H22ClN3O3S. The van der Waals surface area contributed by atoms with Crippen molar-refractivity contribution in [1.29, 1.82) is 0 Å². The van der Waals surface area contributed by atoms with E-state index in [-0.39, 0.29) is 12.4 Å². The number of rotatable bonds is 8. The summed E-state index contributed by atoms with van der Waals surface area (Å²) in [6.45, 7) is 2.16. The van der Waals surface area contributed by atoms with Crippen molar-refractivity contribution in [2.75, 3.05) is 17.7 Å². The molecule has 0 saturated carbocycles. The SMILES string of the molecule is Cc1ccc(NC(=O)COC(=O)CSc2nc3ccccc3n2Cc2ccccc2)c(Cl)c1. The molecule has 0 saturated heterocycles. The number of fused-ring (bicyclic) bond motifs is 1. The number of anilines is 1. The van der Waals surface area contributed by atoms with Gasteiger partial charge >= 0.3 is 5.97 Å². The van der Waals surface area contributed by atoms with E-state index in [0.717, 1.165) is 22.2 Å². The number of nitrogens with zero attached hydrogens (tertiary/aromatic N) is 2. The maximum absolute atomic E-state index is 12.3. The van der Waals surface area contributed by atoms with E-state index < -0.39 is 11.9 Å². The second-order valence-electron chi connectivity index (χ2n) is 7.44. The van der Waals surface area contributed by atoms with Gasteiger partial charge in [-0.3, -0.25) is 9.59 Å². The maximum Gasteiger partial charge on any atom is 0.316 e. The van der Waals surface area contributed by atoms with E-state index in [0.29, 0.717) is 22.4 Å². The van der Waals surface area contributed by atoms with Crippen LogP contribution in [0.5, 0.6) is 0 Å². The van der Waals surface area contributed by atoms with Crippen molar-refractivity contribution in [3.05, 3.63) is 88.9 Å². The molecule has 4 aromatic rings. The minimum atomic E-state index is -0.497. The number of carbonyl (C=O) groups excluding carboxylic acids is 2. The molecule has 8 heteroatoms. The number of aryl methyl sites for hydroxylation is 1. The van der Waals surface area contributed by atoms with Crippen LogP contribution in [-0.4, -0.2) is 33.8 Å². The minimum Gasteiger partial charge on any atom is -0.455 e. The van der Waals surface area contributed by atoms with E-state index in [9.17, 15) is 9.59 Å². The molecule has 3 aromatic carbocycles. The standard InChI is InChI=1S/C25H22ClN3O3S/c1-17-11-12-20(19(26)13-17)27-23(30)15-32-24(31)16-33-25-28-21-9-5-6-10-22(21)29(25)14-18-7-3-2-4-8-18/h2-13H,14-16H2,1H3,(H,27,30). The van der Waals surface area contributed by atoms with Crippen molar-refractivity contribution >= 4 is 52.0 Å². The number of esters is 1. The van der Waals surface area contributed by atoms with Gasteiger partial charge in [-0.25, -0.2) is 4.98 Å². The van der Waals surface area contributed by atoms with Crippen LogP contribution in [0.1, 0.15) is 11.1 Å². The zero-order chi connectivity index (χ0) is 23.2. The number of nitrogens with one attached hydrogen (secondary N) is 1. The fourth-order valence-electron chi connectivity index (χ4n) is 3.30. The smallest absolute Gasteiger partial charge is 0.316 e. The minimum absolute atomic E-state index is 0.0384. The van der Waals surface area contributed by atoms with Crippen LogP contribution < -0.4 is 5.32 Å². The molecule has 1 N–H and O–H groups in total. The van der Waals surface area contributed by atoms with Crippen LogP contribution in [0.2, 0.25) is 5.02 Å². The fourth-order valence-corrected chi connectivity index (χ4v) is 4.40. The molecule has 6 nitrogen and oxygen atoms in total. The third kappa shape index (κ3) is 5.94. The van der Waals surface area contributed by atoms with Crippen molar-refractivity contribution < 1.29 is 14.3 Å². The van der Waals surface area contributed by atoms with Gasteiger partial charge in [0.1, 0.15) is 0 Å². The number of hydrogen-bond donors (Lipinski definition) is 1. The Morgan fingerprint density at radius 2 is 1.82 bits per heavy atom. The maximum atomic E-state index is 12.3. The van der Waals surface area contributed by atoms with E-state index in [1.165, 1.54) is 11.8 Å². The quantitative estimate of drug-likeness (QED) is 0.273. The molecule has 0 fully saturated rings. The number of ether oxygens (including phenoxy) is 1. The number of hydrogen-bond acceptors (Lipinski definition) is 5. The molecule has 0 spiro atoms. The van der Waals surface area contributed by atoms with Crippen molar-refractivity contribution in [3.8, 4) is 0 Å². The van der Waals surface area contributed by atoms with Crippen molar-refractivity contribution in [2.24, 2.45) is 0 Å². The first-order chi connectivity index (χ1) is 16.0. The number of aromatic nitrogens is 2. The number of benzene rings is 3. The number of thioether (sulfide) groups is 1. The van der Waals surface area contributed by atoms with Gasteiger partial charge in [0.15, 0.2) is 11.8 Å². The van der Waals surface area contributed by atoms with Crippen molar-refractivity contribution in [2.45, 2.75) is 18.6 Å². The number of imidazole rings is 1. The Balaban J connectivity index is 1.36. The largest absolute Gasteiger partial charge is 0.455 e. The zero-order valence-electron chi connectivity index (χ0n) is 18.0. The summed E-state index contributed by atoms with van der Waals surface area (Å²) in [6, 6.07) is 23.2. The molecule has 0 aliphatic heterocycles. The average molecular weight is 480 g/mol. The van der Waals surface area contributed by atoms with E-state index >= 15 is 0 Å². The lowest BCUT2D eigenvalue weighted by Gasteiger charge is -2.10. The van der Waals surface area contributed by atoms with Crippen LogP contribution in [0.15, 0.2) is 78.0 Å². The third-order valence-corrected chi connectivity index (χ3v) is 6.15. The van der Waals surface area contributed by atoms with Crippen molar-refractivity contribution in [1.82, 2.24) is 9.55 Å². The molecule has 4 rings (SSSR count). The van der Waals surface area contributed by atoms with E-state index in [1.807, 2.05) is 55.5 Å². The first kappa shape index (κ1) is 22.9. The lowest BCUT2D eigenvalue weighted by atomic mass is 10.2. The van der Waals surface area contributed by atoms with Gasteiger partial charge in [0.2, 0.25) is 0 Å². The Morgan fingerprint density at radius 3 is 2.61 bits per heavy atom. The summed E-state index contributed by atoms with van der Waals surface area (Å²) in [5.41, 5.74) is 4.45. The van der Waals surface area contributed by atoms with Gasteiger partial charge in [-0.15, -0.1) is 0 Å².